The van der Waals surface area contributed by atoms with Crippen LogP contribution in [0.5, 0.6) is 0 Å². The number of benzene rings is 1. The average Bonchev–Trinajstić information content (AvgIpc) is 2.40. The van der Waals surface area contributed by atoms with E-state index in [1.165, 1.54) is 29.5 Å². The van der Waals surface area contributed by atoms with Crippen molar-refractivity contribution < 1.29 is 4.74 Å². The van der Waals surface area contributed by atoms with Gasteiger partial charge in [0.15, 0.2) is 0 Å². The van der Waals surface area contributed by atoms with Crippen molar-refractivity contribution in [2.24, 2.45) is 0 Å². The molecule has 0 heterocycles. The zero-order chi connectivity index (χ0) is 14.8. The zero-order valence-electron chi connectivity index (χ0n) is 13.5. The lowest BCUT2D eigenvalue weighted by Crippen LogP contribution is -2.33. The lowest BCUT2D eigenvalue weighted by Gasteiger charge is -2.42. The molecule has 0 saturated carbocycles. The van der Waals surface area contributed by atoms with E-state index in [1.54, 1.807) is 6.26 Å². The van der Waals surface area contributed by atoms with Gasteiger partial charge in [0.1, 0.15) is 0 Å². The standard InChI is InChI=1S/C19H27O/c1-6-20-13-7-8-15-9-10-16-17(14-15)19(4,5)12-11-18(16,2)3/h7-10,13-14H,6,11-12H2,1-5H3/b13-7+. The Hall–Kier alpha value is -1.24. The number of allylic oxidation sites excluding steroid dienone is 1. The number of rotatable bonds is 4. The molecule has 1 heteroatoms. The smallest absolute Gasteiger partial charge is 0.0845 e. The highest BCUT2D eigenvalue weighted by molar-refractivity contribution is 5.46. The normalized spacial score (nSPS) is 19.9. The molecular formula is C19H27O. The number of hydrogen-bond acceptors (Lipinski definition) is 1. The molecule has 0 aromatic heterocycles. The molecule has 2 rings (SSSR count). The van der Waals surface area contributed by atoms with E-state index >= 15 is 0 Å². The first-order valence-electron chi connectivity index (χ1n) is 7.63. The van der Waals surface area contributed by atoms with Gasteiger partial charge in [-0.15, -0.1) is 0 Å². The maximum Gasteiger partial charge on any atom is 0.0845 e. The van der Waals surface area contributed by atoms with Gasteiger partial charge in [-0.2, -0.15) is 0 Å². The van der Waals surface area contributed by atoms with Gasteiger partial charge >= 0.3 is 0 Å². The van der Waals surface area contributed by atoms with Crippen LogP contribution in [-0.4, -0.2) is 6.61 Å². The number of fused-ring (bicyclic) bond motifs is 1. The Labute approximate surface area is 124 Å². The van der Waals surface area contributed by atoms with Crippen molar-refractivity contribution >= 4 is 0 Å². The molecule has 0 atom stereocenters. The second kappa shape index (κ2) is 5.63. The molecule has 1 aromatic rings. The maximum atomic E-state index is 5.23. The molecular weight excluding hydrogens is 244 g/mol. The fraction of sp³-hybridized carbons (Fsp3) is 0.526. The highest BCUT2D eigenvalue weighted by Crippen LogP contribution is 2.45. The third-order valence-corrected chi connectivity index (χ3v) is 4.51. The van der Waals surface area contributed by atoms with Crippen LogP contribution in [0, 0.1) is 6.42 Å². The van der Waals surface area contributed by atoms with Gasteiger partial charge < -0.3 is 4.74 Å². The van der Waals surface area contributed by atoms with Gasteiger partial charge in [-0.1, -0.05) is 45.9 Å². The molecule has 1 aromatic carbocycles. The minimum absolute atomic E-state index is 0.276. The van der Waals surface area contributed by atoms with E-state index in [9.17, 15) is 0 Å². The van der Waals surface area contributed by atoms with Gasteiger partial charge in [0.2, 0.25) is 0 Å². The van der Waals surface area contributed by atoms with E-state index in [0.717, 1.165) is 6.61 Å². The Balaban J connectivity index is 2.29. The van der Waals surface area contributed by atoms with Crippen molar-refractivity contribution in [1.82, 2.24) is 0 Å². The first-order valence-corrected chi connectivity index (χ1v) is 7.63. The Morgan fingerprint density at radius 3 is 2.35 bits per heavy atom. The summed E-state index contributed by atoms with van der Waals surface area (Å²) in [4.78, 5) is 0. The molecule has 0 bridgehead atoms. The predicted octanol–water partition coefficient (Wildman–Crippen LogP) is 5.14. The molecule has 1 aliphatic rings. The van der Waals surface area contributed by atoms with Crippen molar-refractivity contribution in [2.75, 3.05) is 6.61 Å². The van der Waals surface area contributed by atoms with Gasteiger partial charge in [-0.25, -0.2) is 0 Å². The van der Waals surface area contributed by atoms with Crippen molar-refractivity contribution in [3.63, 3.8) is 0 Å². The van der Waals surface area contributed by atoms with Crippen LogP contribution in [0.4, 0.5) is 0 Å². The van der Waals surface area contributed by atoms with E-state index in [-0.39, 0.29) is 5.41 Å². The van der Waals surface area contributed by atoms with Crippen LogP contribution in [0.2, 0.25) is 0 Å². The number of hydrogen-bond donors (Lipinski definition) is 0. The van der Waals surface area contributed by atoms with Crippen molar-refractivity contribution in [1.29, 1.82) is 0 Å². The summed E-state index contributed by atoms with van der Waals surface area (Å²) >= 11 is 0. The molecule has 0 aliphatic heterocycles. The third-order valence-electron chi connectivity index (χ3n) is 4.51. The first-order chi connectivity index (χ1) is 9.37. The summed E-state index contributed by atoms with van der Waals surface area (Å²) in [5, 5.41) is 0. The molecule has 0 fully saturated rings. The molecule has 1 nitrogen and oxygen atoms in total. The van der Waals surface area contributed by atoms with Gasteiger partial charge in [0.25, 0.3) is 0 Å². The number of ether oxygens (including phenoxy) is 1. The van der Waals surface area contributed by atoms with Crippen molar-refractivity contribution in [2.45, 2.75) is 58.3 Å². The molecule has 109 valence electrons. The summed E-state index contributed by atoms with van der Waals surface area (Å²) in [6, 6.07) is 6.89. The topological polar surface area (TPSA) is 9.23 Å². The summed E-state index contributed by atoms with van der Waals surface area (Å²) in [6.45, 7) is 12.2. The van der Waals surface area contributed by atoms with E-state index in [1.807, 2.05) is 13.0 Å². The second-order valence-corrected chi connectivity index (χ2v) is 7.02. The highest BCUT2D eigenvalue weighted by atomic mass is 16.5. The quantitative estimate of drug-likeness (QED) is 0.689. The highest BCUT2D eigenvalue weighted by Gasteiger charge is 2.36. The summed E-state index contributed by atoms with van der Waals surface area (Å²) in [7, 11) is 0. The average molecular weight is 271 g/mol. The van der Waals surface area contributed by atoms with E-state index in [4.69, 9.17) is 4.74 Å². The second-order valence-electron chi connectivity index (χ2n) is 7.02. The maximum absolute atomic E-state index is 5.23. The third kappa shape index (κ3) is 3.08. The fourth-order valence-corrected chi connectivity index (χ4v) is 3.01. The van der Waals surface area contributed by atoms with Gasteiger partial charge in [-0.05, 0) is 53.4 Å². The van der Waals surface area contributed by atoms with Crippen LogP contribution < -0.4 is 0 Å². The van der Waals surface area contributed by atoms with Crippen molar-refractivity contribution in [3.05, 3.63) is 53.6 Å². The van der Waals surface area contributed by atoms with Crippen LogP contribution in [-0.2, 0) is 15.6 Å². The Kier molecular flexibility index (Phi) is 4.27. The SMILES string of the molecule is CCO/C=C/[CH]c1ccc2c(c1)C(C)(C)CCC2(C)C. The summed E-state index contributed by atoms with van der Waals surface area (Å²) in [5.41, 5.74) is 4.85. The monoisotopic (exact) mass is 271 g/mol. The minimum Gasteiger partial charge on any atom is -0.502 e. The van der Waals surface area contributed by atoms with Crippen LogP contribution >= 0.6 is 0 Å². The lowest BCUT2D eigenvalue weighted by atomic mass is 9.63. The Bertz CT molecular complexity index is 494. The zero-order valence-corrected chi connectivity index (χ0v) is 13.5. The first kappa shape index (κ1) is 15.2. The summed E-state index contributed by atoms with van der Waals surface area (Å²) in [6.07, 6.45) is 8.37. The molecule has 1 radical (unpaired) electrons. The van der Waals surface area contributed by atoms with Crippen LogP contribution in [0.3, 0.4) is 0 Å². The minimum atomic E-state index is 0.276. The van der Waals surface area contributed by atoms with E-state index in [2.05, 4.69) is 52.3 Å². The van der Waals surface area contributed by atoms with Crippen molar-refractivity contribution in [3.8, 4) is 0 Å². The molecule has 1 aliphatic carbocycles. The van der Waals surface area contributed by atoms with Crippen LogP contribution in [0.1, 0.15) is 64.2 Å². The van der Waals surface area contributed by atoms with Gasteiger partial charge in [-0.3, -0.25) is 0 Å². The van der Waals surface area contributed by atoms with E-state index < -0.39 is 0 Å². The lowest BCUT2D eigenvalue weighted by molar-refractivity contribution is 0.269. The predicted molar refractivity (Wildman–Crippen MR) is 85.9 cm³/mol. The fourth-order valence-electron chi connectivity index (χ4n) is 3.01. The van der Waals surface area contributed by atoms with E-state index in [0.29, 0.717) is 5.41 Å². The molecule has 0 spiro atoms. The van der Waals surface area contributed by atoms with Gasteiger partial charge in [0.05, 0.1) is 12.9 Å². The summed E-state index contributed by atoms with van der Waals surface area (Å²) < 4.78 is 5.23. The van der Waals surface area contributed by atoms with Crippen LogP contribution in [0.25, 0.3) is 0 Å². The molecule has 0 amide bonds. The Morgan fingerprint density at radius 1 is 1.05 bits per heavy atom. The van der Waals surface area contributed by atoms with Gasteiger partial charge in [0, 0.05) is 6.42 Å². The molecule has 0 N–H and O–H groups in total. The molecule has 0 saturated heterocycles. The largest absolute Gasteiger partial charge is 0.502 e. The summed E-state index contributed by atoms with van der Waals surface area (Å²) in [5.74, 6) is 0. The van der Waals surface area contributed by atoms with Crippen LogP contribution in [0.15, 0.2) is 30.5 Å². The Morgan fingerprint density at radius 2 is 1.70 bits per heavy atom. The molecule has 20 heavy (non-hydrogen) atoms. The molecule has 0 unspecified atom stereocenters.